The molecule has 18 heavy (non-hydrogen) atoms. The minimum Gasteiger partial charge on any atom is -0.465 e. The molecule has 0 radical (unpaired) electrons. The second-order valence-corrected chi connectivity index (χ2v) is 4.35. The third-order valence-electron chi connectivity index (χ3n) is 2.87. The maximum atomic E-state index is 11.8. The number of hydrogen-bond acceptors (Lipinski definition) is 3. The zero-order valence-electron chi connectivity index (χ0n) is 11.4. The highest BCUT2D eigenvalue weighted by atomic mass is 16.5. The molecule has 0 amide bonds. The average Bonchev–Trinajstić information content (AvgIpc) is 2.39. The SMILES string of the molecule is CCOC(C)CCOC(=O)C(C)c1ccccc1. The number of hydrogen-bond donors (Lipinski definition) is 0. The molecule has 0 aromatic heterocycles. The quantitative estimate of drug-likeness (QED) is 0.697. The fourth-order valence-electron chi connectivity index (χ4n) is 1.70. The lowest BCUT2D eigenvalue weighted by Crippen LogP contribution is -2.17. The van der Waals surface area contributed by atoms with Gasteiger partial charge in [0.25, 0.3) is 0 Å². The summed E-state index contributed by atoms with van der Waals surface area (Å²) in [6, 6.07) is 9.67. The summed E-state index contributed by atoms with van der Waals surface area (Å²) in [4.78, 5) is 11.8. The van der Waals surface area contributed by atoms with Crippen molar-refractivity contribution in [3.8, 4) is 0 Å². The van der Waals surface area contributed by atoms with Crippen LogP contribution in [0.5, 0.6) is 0 Å². The van der Waals surface area contributed by atoms with Crippen LogP contribution in [0.1, 0.15) is 38.7 Å². The van der Waals surface area contributed by atoms with Gasteiger partial charge in [0, 0.05) is 13.0 Å². The first-order valence-corrected chi connectivity index (χ1v) is 6.48. The molecule has 100 valence electrons. The Kier molecular flexibility index (Phi) is 6.44. The summed E-state index contributed by atoms with van der Waals surface area (Å²) in [6.07, 6.45) is 0.871. The van der Waals surface area contributed by atoms with E-state index in [4.69, 9.17) is 9.47 Å². The van der Waals surface area contributed by atoms with Gasteiger partial charge in [0.1, 0.15) is 0 Å². The van der Waals surface area contributed by atoms with Gasteiger partial charge in [-0.25, -0.2) is 0 Å². The largest absolute Gasteiger partial charge is 0.465 e. The van der Waals surface area contributed by atoms with Crippen LogP contribution in [0.15, 0.2) is 30.3 Å². The fraction of sp³-hybridized carbons (Fsp3) is 0.533. The van der Waals surface area contributed by atoms with Crippen molar-refractivity contribution in [3.05, 3.63) is 35.9 Å². The Morgan fingerprint density at radius 2 is 1.89 bits per heavy atom. The van der Waals surface area contributed by atoms with Gasteiger partial charge in [0.05, 0.1) is 18.6 Å². The average molecular weight is 250 g/mol. The Labute approximate surface area is 109 Å². The molecule has 0 aliphatic carbocycles. The highest BCUT2D eigenvalue weighted by Crippen LogP contribution is 2.16. The van der Waals surface area contributed by atoms with Gasteiger partial charge in [-0.3, -0.25) is 4.79 Å². The smallest absolute Gasteiger partial charge is 0.313 e. The number of ether oxygens (including phenoxy) is 2. The van der Waals surface area contributed by atoms with E-state index >= 15 is 0 Å². The number of esters is 1. The predicted octanol–water partition coefficient (Wildman–Crippen LogP) is 3.15. The van der Waals surface area contributed by atoms with E-state index in [2.05, 4.69) is 0 Å². The maximum Gasteiger partial charge on any atom is 0.313 e. The molecule has 1 rings (SSSR count). The molecule has 0 aliphatic rings. The summed E-state index contributed by atoms with van der Waals surface area (Å²) in [6.45, 7) is 6.91. The zero-order chi connectivity index (χ0) is 13.4. The lowest BCUT2D eigenvalue weighted by Gasteiger charge is -2.14. The third-order valence-corrected chi connectivity index (χ3v) is 2.87. The molecule has 0 fully saturated rings. The van der Waals surface area contributed by atoms with E-state index in [9.17, 15) is 4.79 Å². The Hall–Kier alpha value is -1.35. The summed E-state index contributed by atoms with van der Waals surface area (Å²) in [5.74, 6) is -0.390. The molecule has 1 aromatic carbocycles. The molecule has 2 atom stereocenters. The Morgan fingerprint density at radius 3 is 2.50 bits per heavy atom. The molecule has 3 nitrogen and oxygen atoms in total. The molecule has 0 N–H and O–H groups in total. The zero-order valence-corrected chi connectivity index (χ0v) is 11.4. The van der Waals surface area contributed by atoms with E-state index in [1.54, 1.807) is 0 Å². The van der Waals surface area contributed by atoms with Crippen LogP contribution < -0.4 is 0 Å². The van der Waals surface area contributed by atoms with Crippen molar-refractivity contribution in [1.29, 1.82) is 0 Å². The third kappa shape index (κ3) is 4.88. The fourth-order valence-corrected chi connectivity index (χ4v) is 1.70. The number of rotatable bonds is 7. The first kappa shape index (κ1) is 14.7. The lowest BCUT2D eigenvalue weighted by atomic mass is 10.0. The molecule has 1 aromatic rings. The normalized spacial score (nSPS) is 13.9. The summed E-state index contributed by atoms with van der Waals surface area (Å²) >= 11 is 0. The van der Waals surface area contributed by atoms with Crippen LogP contribution in [0.3, 0.4) is 0 Å². The number of carbonyl (C=O) groups excluding carboxylic acids is 1. The summed E-state index contributed by atoms with van der Waals surface area (Å²) in [5, 5.41) is 0. The molecular weight excluding hydrogens is 228 g/mol. The summed E-state index contributed by atoms with van der Waals surface area (Å²) in [7, 11) is 0. The Bertz CT molecular complexity index is 348. The molecule has 0 aliphatic heterocycles. The van der Waals surface area contributed by atoms with E-state index in [1.165, 1.54) is 0 Å². The highest BCUT2D eigenvalue weighted by molar-refractivity contribution is 5.77. The van der Waals surface area contributed by atoms with Gasteiger partial charge in [0.2, 0.25) is 0 Å². The van der Waals surface area contributed by atoms with Gasteiger partial charge in [-0.15, -0.1) is 0 Å². The van der Waals surface area contributed by atoms with Crippen LogP contribution in [0, 0.1) is 0 Å². The van der Waals surface area contributed by atoms with Gasteiger partial charge in [-0.05, 0) is 26.3 Å². The molecule has 0 heterocycles. The molecule has 0 bridgehead atoms. The first-order valence-electron chi connectivity index (χ1n) is 6.48. The van der Waals surface area contributed by atoms with Crippen LogP contribution in [0.4, 0.5) is 0 Å². The number of carbonyl (C=O) groups is 1. The monoisotopic (exact) mass is 250 g/mol. The van der Waals surface area contributed by atoms with Gasteiger partial charge in [-0.1, -0.05) is 30.3 Å². The van der Waals surface area contributed by atoms with Crippen molar-refractivity contribution in [3.63, 3.8) is 0 Å². The molecule has 0 spiro atoms. The van der Waals surface area contributed by atoms with E-state index in [0.29, 0.717) is 13.2 Å². The summed E-state index contributed by atoms with van der Waals surface area (Å²) < 4.78 is 10.6. The van der Waals surface area contributed by atoms with E-state index in [0.717, 1.165) is 12.0 Å². The topological polar surface area (TPSA) is 35.5 Å². The molecule has 0 saturated carbocycles. The van der Waals surface area contributed by atoms with Crippen LogP contribution in [-0.4, -0.2) is 25.3 Å². The lowest BCUT2D eigenvalue weighted by molar-refractivity contribution is -0.145. The molecule has 3 heteroatoms. The Morgan fingerprint density at radius 1 is 1.22 bits per heavy atom. The van der Waals surface area contributed by atoms with E-state index in [1.807, 2.05) is 51.1 Å². The van der Waals surface area contributed by atoms with Crippen LogP contribution in [0.25, 0.3) is 0 Å². The molecule has 2 unspecified atom stereocenters. The van der Waals surface area contributed by atoms with Crippen LogP contribution in [-0.2, 0) is 14.3 Å². The van der Waals surface area contributed by atoms with Gasteiger partial charge >= 0.3 is 5.97 Å². The van der Waals surface area contributed by atoms with E-state index in [-0.39, 0.29) is 18.0 Å². The minimum atomic E-state index is -0.214. The highest BCUT2D eigenvalue weighted by Gasteiger charge is 2.16. The number of benzene rings is 1. The molecule has 0 saturated heterocycles. The van der Waals surface area contributed by atoms with Crippen molar-refractivity contribution in [2.24, 2.45) is 0 Å². The summed E-state index contributed by atoms with van der Waals surface area (Å²) in [5.41, 5.74) is 0.986. The second kappa shape index (κ2) is 7.88. The van der Waals surface area contributed by atoms with Crippen molar-refractivity contribution in [1.82, 2.24) is 0 Å². The minimum absolute atomic E-state index is 0.134. The van der Waals surface area contributed by atoms with Crippen LogP contribution >= 0.6 is 0 Å². The predicted molar refractivity (Wildman–Crippen MR) is 71.5 cm³/mol. The maximum absolute atomic E-state index is 11.8. The second-order valence-electron chi connectivity index (χ2n) is 4.35. The van der Waals surface area contributed by atoms with Gasteiger partial charge < -0.3 is 9.47 Å². The standard InChI is InChI=1S/C15H22O3/c1-4-17-12(2)10-11-18-15(16)13(3)14-8-6-5-7-9-14/h5-9,12-13H,4,10-11H2,1-3H3. The van der Waals surface area contributed by atoms with Crippen molar-refractivity contribution < 1.29 is 14.3 Å². The first-order chi connectivity index (χ1) is 8.65. The van der Waals surface area contributed by atoms with Crippen molar-refractivity contribution in [2.45, 2.75) is 39.2 Å². The van der Waals surface area contributed by atoms with Gasteiger partial charge in [-0.2, -0.15) is 0 Å². The van der Waals surface area contributed by atoms with E-state index < -0.39 is 0 Å². The van der Waals surface area contributed by atoms with Crippen molar-refractivity contribution in [2.75, 3.05) is 13.2 Å². The Balaban J connectivity index is 2.33. The van der Waals surface area contributed by atoms with Crippen LogP contribution in [0.2, 0.25) is 0 Å². The van der Waals surface area contributed by atoms with Gasteiger partial charge in [0.15, 0.2) is 0 Å². The van der Waals surface area contributed by atoms with Crippen molar-refractivity contribution >= 4 is 5.97 Å². The molecular formula is C15H22O3.